The van der Waals surface area contributed by atoms with Gasteiger partial charge in [-0.2, -0.15) is 5.10 Å². The van der Waals surface area contributed by atoms with E-state index >= 15 is 0 Å². The Bertz CT molecular complexity index is 659. The van der Waals surface area contributed by atoms with Gasteiger partial charge in [-0.1, -0.05) is 11.3 Å². The highest BCUT2D eigenvalue weighted by molar-refractivity contribution is 7.17. The van der Waals surface area contributed by atoms with Crippen LogP contribution in [0.2, 0.25) is 0 Å². The van der Waals surface area contributed by atoms with Crippen LogP contribution >= 0.6 is 11.3 Å². The summed E-state index contributed by atoms with van der Waals surface area (Å²) in [6.45, 7) is 1.74. The Morgan fingerprint density at radius 2 is 2.10 bits per heavy atom. The summed E-state index contributed by atoms with van der Waals surface area (Å²) in [4.78, 5) is 30.0. The maximum Gasteiger partial charge on any atom is 0.277 e. The molecule has 0 saturated heterocycles. The molecule has 20 heavy (non-hydrogen) atoms. The van der Waals surface area contributed by atoms with Gasteiger partial charge < -0.3 is 4.90 Å². The summed E-state index contributed by atoms with van der Waals surface area (Å²) in [5.74, 6) is -0.471. The van der Waals surface area contributed by atoms with Gasteiger partial charge >= 0.3 is 0 Å². The first-order valence-electron chi connectivity index (χ1n) is 5.88. The van der Waals surface area contributed by atoms with Crippen molar-refractivity contribution in [3.8, 4) is 0 Å². The van der Waals surface area contributed by atoms with Gasteiger partial charge in [-0.05, 0) is 13.0 Å². The minimum absolute atomic E-state index is 0.127. The van der Waals surface area contributed by atoms with Crippen LogP contribution in [0.1, 0.15) is 25.9 Å². The number of carbonyl (C=O) groups is 2. The molecule has 0 unspecified atom stereocenters. The zero-order valence-corrected chi connectivity index (χ0v) is 12.5. The first-order valence-corrected chi connectivity index (χ1v) is 6.70. The van der Waals surface area contributed by atoms with Crippen molar-refractivity contribution in [3.05, 3.63) is 28.5 Å². The molecule has 0 aliphatic heterocycles. The van der Waals surface area contributed by atoms with Crippen LogP contribution in [0.5, 0.6) is 0 Å². The van der Waals surface area contributed by atoms with Gasteiger partial charge in [0, 0.05) is 27.3 Å². The minimum Gasteiger partial charge on any atom is -0.344 e. The predicted octanol–water partition coefficient (Wildman–Crippen LogP) is 1.14. The third-order valence-corrected chi connectivity index (χ3v) is 3.62. The van der Waals surface area contributed by atoms with E-state index in [0.29, 0.717) is 21.4 Å². The summed E-state index contributed by atoms with van der Waals surface area (Å²) < 4.78 is 1.54. The number of hydrogen-bond donors (Lipinski definition) is 1. The van der Waals surface area contributed by atoms with Crippen molar-refractivity contribution in [1.29, 1.82) is 0 Å². The van der Waals surface area contributed by atoms with E-state index in [4.69, 9.17) is 0 Å². The number of rotatable bonds is 3. The van der Waals surface area contributed by atoms with Gasteiger partial charge in [-0.25, -0.2) is 4.98 Å². The Balaban J connectivity index is 2.17. The number of aryl methyl sites for hydroxylation is 2. The molecular weight excluding hydrogens is 278 g/mol. The monoisotopic (exact) mass is 293 g/mol. The van der Waals surface area contributed by atoms with Crippen LogP contribution in [-0.2, 0) is 7.05 Å². The van der Waals surface area contributed by atoms with Crippen LogP contribution in [0.4, 0.5) is 5.13 Å². The number of thiazole rings is 1. The number of amides is 2. The largest absolute Gasteiger partial charge is 0.344 e. The lowest BCUT2D eigenvalue weighted by Gasteiger charge is -2.07. The van der Waals surface area contributed by atoms with Crippen LogP contribution in [0.15, 0.2) is 12.3 Å². The lowest BCUT2D eigenvalue weighted by atomic mass is 10.3. The van der Waals surface area contributed by atoms with Gasteiger partial charge in [0.2, 0.25) is 0 Å². The fourth-order valence-corrected chi connectivity index (χ4v) is 2.53. The average Bonchev–Trinajstić information content (AvgIpc) is 2.94. The van der Waals surface area contributed by atoms with Crippen molar-refractivity contribution < 1.29 is 9.59 Å². The minimum atomic E-state index is -0.344. The number of nitrogens with one attached hydrogen (secondary N) is 1. The Labute approximate surface area is 120 Å². The van der Waals surface area contributed by atoms with E-state index in [9.17, 15) is 9.59 Å². The van der Waals surface area contributed by atoms with E-state index in [1.807, 2.05) is 0 Å². The molecule has 0 fully saturated rings. The lowest BCUT2D eigenvalue weighted by Crippen LogP contribution is -2.21. The van der Waals surface area contributed by atoms with E-state index in [0.717, 1.165) is 11.3 Å². The molecule has 2 aromatic heterocycles. The van der Waals surface area contributed by atoms with Crippen molar-refractivity contribution >= 4 is 28.3 Å². The highest BCUT2D eigenvalue weighted by atomic mass is 32.1. The third kappa shape index (κ3) is 2.85. The highest BCUT2D eigenvalue weighted by Gasteiger charge is 2.18. The SMILES string of the molecule is Cc1nc(NC(=O)c2ccn(C)n2)sc1C(=O)N(C)C. The molecule has 2 aromatic rings. The summed E-state index contributed by atoms with van der Waals surface area (Å²) in [6, 6.07) is 1.61. The second-order valence-electron chi connectivity index (χ2n) is 4.46. The number of carbonyl (C=O) groups excluding carboxylic acids is 2. The van der Waals surface area contributed by atoms with Crippen LogP contribution in [0, 0.1) is 6.92 Å². The van der Waals surface area contributed by atoms with E-state index < -0.39 is 0 Å². The van der Waals surface area contributed by atoms with Crippen LogP contribution in [-0.4, -0.2) is 45.6 Å². The van der Waals surface area contributed by atoms with Gasteiger partial charge in [0.1, 0.15) is 4.88 Å². The van der Waals surface area contributed by atoms with Crippen molar-refractivity contribution in [1.82, 2.24) is 19.7 Å². The summed E-state index contributed by atoms with van der Waals surface area (Å²) in [5.41, 5.74) is 0.908. The fourth-order valence-electron chi connectivity index (χ4n) is 1.55. The van der Waals surface area contributed by atoms with Crippen LogP contribution < -0.4 is 5.32 Å². The zero-order valence-electron chi connectivity index (χ0n) is 11.7. The molecule has 0 spiro atoms. The topological polar surface area (TPSA) is 80.1 Å². The second kappa shape index (κ2) is 5.41. The fraction of sp³-hybridized carbons (Fsp3) is 0.333. The van der Waals surface area contributed by atoms with E-state index in [1.165, 1.54) is 4.90 Å². The molecule has 1 N–H and O–H groups in total. The molecule has 106 valence electrons. The van der Waals surface area contributed by atoms with Crippen molar-refractivity contribution in [2.45, 2.75) is 6.92 Å². The maximum atomic E-state index is 11.9. The molecule has 0 aliphatic carbocycles. The third-order valence-electron chi connectivity index (χ3n) is 2.56. The molecule has 0 saturated carbocycles. The first kappa shape index (κ1) is 14.2. The van der Waals surface area contributed by atoms with Gasteiger partial charge in [-0.3, -0.25) is 19.6 Å². The van der Waals surface area contributed by atoms with Crippen LogP contribution in [0.3, 0.4) is 0 Å². The van der Waals surface area contributed by atoms with Gasteiger partial charge in [-0.15, -0.1) is 0 Å². The van der Waals surface area contributed by atoms with Crippen molar-refractivity contribution in [3.63, 3.8) is 0 Å². The summed E-state index contributed by atoms with van der Waals surface area (Å²) in [6.07, 6.45) is 1.68. The Morgan fingerprint density at radius 3 is 2.65 bits per heavy atom. The molecule has 0 radical (unpaired) electrons. The van der Waals surface area contributed by atoms with Gasteiger partial charge in [0.25, 0.3) is 11.8 Å². The molecule has 7 nitrogen and oxygen atoms in total. The lowest BCUT2D eigenvalue weighted by molar-refractivity contribution is 0.0831. The Kier molecular flexibility index (Phi) is 3.84. The molecule has 2 amide bonds. The smallest absolute Gasteiger partial charge is 0.277 e. The summed E-state index contributed by atoms with van der Waals surface area (Å²) >= 11 is 1.16. The van der Waals surface area contributed by atoms with E-state index in [1.54, 1.807) is 45.0 Å². The first-order chi connectivity index (χ1) is 9.38. The number of nitrogens with zero attached hydrogens (tertiary/aromatic N) is 4. The van der Waals surface area contributed by atoms with Crippen molar-refractivity contribution in [2.75, 3.05) is 19.4 Å². The molecule has 2 rings (SSSR count). The number of hydrogen-bond acceptors (Lipinski definition) is 5. The summed E-state index contributed by atoms with van der Waals surface area (Å²) in [5, 5.41) is 7.05. The maximum absolute atomic E-state index is 11.9. The quantitative estimate of drug-likeness (QED) is 0.920. The Morgan fingerprint density at radius 1 is 1.40 bits per heavy atom. The molecule has 0 aromatic carbocycles. The number of anilines is 1. The Hall–Kier alpha value is -2.22. The standard InChI is InChI=1S/C12H15N5O2S/c1-7-9(11(19)16(2)3)20-12(13-7)14-10(18)8-5-6-17(4)15-8/h5-6H,1-4H3,(H,13,14,18). The van der Waals surface area contributed by atoms with Crippen LogP contribution in [0.25, 0.3) is 0 Å². The molecule has 2 heterocycles. The predicted molar refractivity (Wildman–Crippen MR) is 76.0 cm³/mol. The van der Waals surface area contributed by atoms with Crippen molar-refractivity contribution in [2.24, 2.45) is 7.05 Å². The van der Waals surface area contributed by atoms with E-state index in [2.05, 4.69) is 15.4 Å². The van der Waals surface area contributed by atoms with Gasteiger partial charge in [0.15, 0.2) is 10.8 Å². The second-order valence-corrected chi connectivity index (χ2v) is 5.46. The molecule has 8 heteroatoms. The average molecular weight is 293 g/mol. The molecule has 0 aliphatic rings. The number of aromatic nitrogens is 3. The highest BCUT2D eigenvalue weighted by Crippen LogP contribution is 2.23. The molecule has 0 atom stereocenters. The normalized spacial score (nSPS) is 10.4. The van der Waals surface area contributed by atoms with E-state index in [-0.39, 0.29) is 11.8 Å². The molecular formula is C12H15N5O2S. The molecule has 0 bridgehead atoms. The summed E-state index contributed by atoms with van der Waals surface area (Å²) in [7, 11) is 5.08. The van der Waals surface area contributed by atoms with Gasteiger partial charge in [0.05, 0.1) is 5.69 Å². The zero-order chi connectivity index (χ0) is 14.9.